The summed E-state index contributed by atoms with van der Waals surface area (Å²) in [7, 11) is 0. The third-order valence-electron chi connectivity index (χ3n) is 8.65. The van der Waals surface area contributed by atoms with Crippen LogP contribution in [0, 0.1) is 18.3 Å². The molecule has 0 amide bonds. The van der Waals surface area contributed by atoms with E-state index in [4.69, 9.17) is 0 Å². The number of benzene rings is 1. The smallest absolute Gasteiger partial charge is 0.0420 e. The maximum atomic E-state index is 4.22. The Morgan fingerprint density at radius 3 is 1.80 bits per heavy atom. The normalized spacial score (nSPS) is 13.3. The van der Waals surface area contributed by atoms with E-state index in [1.54, 1.807) is 0 Å². The van der Waals surface area contributed by atoms with Crippen molar-refractivity contribution >= 4 is 11.4 Å². The summed E-state index contributed by atoms with van der Waals surface area (Å²) < 4.78 is 0. The average Bonchev–Trinajstić information content (AvgIpc) is 3.08. The molecule has 50 heavy (non-hydrogen) atoms. The molecule has 0 radical (unpaired) electrons. The SMILES string of the molecule is C=C(C)CCCC.C=C(Nc1cc(C(=C)NCCCC)ccc1C)/C(C)=C/CC(=C)C(C)(C)C.CC1=CC=CCC1C.CCCC.CCCC. The lowest BCUT2D eigenvalue weighted by Gasteiger charge is -2.21. The van der Waals surface area contributed by atoms with Gasteiger partial charge in [-0.3, -0.25) is 0 Å². The summed E-state index contributed by atoms with van der Waals surface area (Å²) >= 11 is 0. The Morgan fingerprint density at radius 2 is 1.40 bits per heavy atom. The first-order valence-electron chi connectivity index (χ1n) is 19.8. The van der Waals surface area contributed by atoms with Crippen molar-refractivity contribution < 1.29 is 0 Å². The van der Waals surface area contributed by atoms with Gasteiger partial charge in [0.15, 0.2) is 0 Å². The first-order chi connectivity index (χ1) is 23.5. The van der Waals surface area contributed by atoms with E-state index in [2.05, 4.69) is 176 Å². The molecule has 0 aromatic heterocycles. The highest BCUT2D eigenvalue weighted by Gasteiger charge is 2.13. The number of hydrogen-bond donors (Lipinski definition) is 2. The van der Waals surface area contributed by atoms with Gasteiger partial charge in [0.2, 0.25) is 0 Å². The molecule has 0 spiro atoms. The van der Waals surface area contributed by atoms with E-state index in [0.29, 0.717) is 0 Å². The number of aryl methyl sites for hydroxylation is 1. The Balaban J connectivity index is -0.000000768. The van der Waals surface area contributed by atoms with Crippen LogP contribution in [0.4, 0.5) is 5.69 Å². The fourth-order valence-corrected chi connectivity index (χ4v) is 3.76. The minimum atomic E-state index is 0.127. The third kappa shape index (κ3) is 28.8. The highest BCUT2D eigenvalue weighted by Crippen LogP contribution is 2.28. The van der Waals surface area contributed by atoms with Gasteiger partial charge < -0.3 is 10.6 Å². The van der Waals surface area contributed by atoms with Crippen molar-refractivity contribution in [3.05, 3.63) is 108 Å². The molecule has 2 nitrogen and oxygen atoms in total. The van der Waals surface area contributed by atoms with Crippen molar-refractivity contribution in [2.24, 2.45) is 11.3 Å². The van der Waals surface area contributed by atoms with Crippen LogP contribution in [0.25, 0.3) is 5.70 Å². The molecule has 0 bridgehead atoms. The van der Waals surface area contributed by atoms with Gasteiger partial charge in [0.05, 0.1) is 0 Å². The van der Waals surface area contributed by atoms with Crippen molar-refractivity contribution in [1.82, 2.24) is 5.32 Å². The molecular weight excluding hydrogens is 605 g/mol. The number of allylic oxidation sites excluding steroid dienone is 8. The van der Waals surface area contributed by atoms with Gasteiger partial charge in [0, 0.05) is 23.6 Å². The molecule has 0 saturated carbocycles. The minimum absolute atomic E-state index is 0.127. The average molecular weight is 689 g/mol. The number of nitrogens with one attached hydrogen (secondary N) is 2. The third-order valence-corrected chi connectivity index (χ3v) is 8.65. The predicted molar refractivity (Wildman–Crippen MR) is 235 cm³/mol. The van der Waals surface area contributed by atoms with Crippen LogP contribution in [-0.4, -0.2) is 6.54 Å². The monoisotopic (exact) mass is 689 g/mol. The van der Waals surface area contributed by atoms with Gasteiger partial charge in [-0.25, -0.2) is 0 Å². The molecular formula is C48H84N2. The highest BCUT2D eigenvalue weighted by molar-refractivity contribution is 5.69. The summed E-state index contributed by atoms with van der Waals surface area (Å²) in [4.78, 5) is 0. The number of anilines is 1. The van der Waals surface area contributed by atoms with Crippen molar-refractivity contribution in [2.75, 3.05) is 11.9 Å². The highest BCUT2D eigenvalue weighted by atomic mass is 14.9. The molecule has 1 aromatic rings. The fourth-order valence-electron chi connectivity index (χ4n) is 3.76. The standard InChI is InChI=1S/C25H38N2.C8H12.C7H14.2C4H10/c1-10-11-16-26-22(6)23-15-13-19(3)24(17-23)27-21(5)18(2)12-14-20(4)25(7,8)9;1-7-5-3-4-6-8(7)2;1-4-5-6-7(2)3;2*1-3-4-2/h12-13,15,17,26-27H,4-6,10-11,14,16H2,1-3,7-9H3;3-5,8H,6H2,1-2H3;2,4-6H2,1,3H3;2*3-4H2,1-2H3/b18-12+;;;;. The van der Waals surface area contributed by atoms with Crippen molar-refractivity contribution in [1.29, 1.82) is 0 Å². The van der Waals surface area contributed by atoms with Gasteiger partial charge in [0.1, 0.15) is 0 Å². The molecule has 1 aromatic carbocycles. The molecule has 1 aliphatic carbocycles. The Morgan fingerprint density at radius 1 is 0.840 bits per heavy atom. The quantitative estimate of drug-likeness (QED) is 0.109. The largest absolute Gasteiger partial charge is 0.385 e. The second kappa shape index (κ2) is 31.9. The topological polar surface area (TPSA) is 24.1 Å². The lowest BCUT2D eigenvalue weighted by Crippen LogP contribution is -2.13. The zero-order valence-corrected chi connectivity index (χ0v) is 35.9. The van der Waals surface area contributed by atoms with Crippen LogP contribution >= 0.6 is 0 Å². The van der Waals surface area contributed by atoms with Gasteiger partial charge in [-0.2, -0.15) is 0 Å². The summed E-state index contributed by atoms with van der Waals surface area (Å²) in [5.74, 6) is 0.778. The van der Waals surface area contributed by atoms with Crippen LogP contribution in [0.5, 0.6) is 0 Å². The Kier molecular flexibility index (Phi) is 32.8. The molecule has 1 unspecified atom stereocenters. The van der Waals surface area contributed by atoms with Gasteiger partial charge in [0.25, 0.3) is 0 Å². The molecule has 0 fully saturated rings. The molecule has 2 heteroatoms. The summed E-state index contributed by atoms with van der Waals surface area (Å²) in [5.41, 5.74) is 10.6. The Bertz CT molecular complexity index is 1160. The molecule has 0 aliphatic heterocycles. The summed E-state index contributed by atoms with van der Waals surface area (Å²) in [5, 5.41) is 6.88. The Hall–Kier alpha value is -3.00. The molecule has 1 atom stereocenters. The van der Waals surface area contributed by atoms with Crippen LogP contribution in [0.1, 0.15) is 172 Å². The number of rotatable bonds is 15. The van der Waals surface area contributed by atoms with E-state index in [1.165, 1.54) is 80.1 Å². The number of unbranched alkanes of at least 4 members (excludes halogenated alkanes) is 4. The van der Waals surface area contributed by atoms with Gasteiger partial charge in [-0.1, -0.05) is 181 Å². The second-order valence-corrected chi connectivity index (χ2v) is 14.9. The lowest BCUT2D eigenvalue weighted by atomic mass is 9.85. The number of hydrogen-bond acceptors (Lipinski definition) is 2. The van der Waals surface area contributed by atoms with Crippen molar-refractivity contribution in [3.8, 4) is 0 Å². The lowest BCUT2D eigenvalue weighted by molar-refractivity contribution is 0.496. The van der Waals surface area contributed by atoms with Crippen molar-refractivity contribution in [3.63, 3.8) is 0 Å². The van der Waals surface area contributed by atoms with Crippen molar-refractivity contribution in [2.45, 2.75) is 168 Å². The summed E-state index contributed by atoms with van der Waals surface area (Å²) in [6, 6.07) is 6.38. The maximum absolute atomic E-state index is 4.22. The van der Waals surface area contributed by atoms with Crippen LogP contribution in [-0.2, 0) is 0 Å². The molecule has 2 N–H and O–H groups in total. The second-order valence-electron chi connectivity index (χ2n) is 14.9. The van der Waals surface area contributed by atoms with Crippen LogP contribution in [0.3, 0.4) is 0 Å². The molecule has 0 heterocycles. The van der Waals surface area contributed by atoms with Gasteiger partial charge >= 0.3 is 0 Å². The maximum Gasteiger partial charge on any atom is 0.0420 e. The Labute approximate surface area is 314 Å². The molecule has 2 rings (SSSR count). The molecule has 1 aliphatic rings. The van der Waals surface area contributed by atoms with Crippen LogP contribution < -0.4 is 10.6 Å². The van der Waals surface area contributed by atoms with Crippen LogP contribution in [0.2, 0.25) is 0 Å². The van der Waals surface area contributed by atoms with E-state index >= 15 is 0 Å². The summed E-state index contributed by atoms with van der Waals surface area (Å²) in [6.45, 7) is 47.8. The van der Waals surface area contributed by atoms with E-state index in [9.17, 15) is 0 Å². The van der Waals surface area contributed by atoms with E-state index in [0.717, 1.165) is 53.5 Å². The minimum Gasteiger partial charge on any atom is -0.385 e. The van der Waals surface area contributed by atoms with Crippen LogP contribution in [0.15, 0.2) is 96.8 Å². The van der Waals surface area contributed by atoms with Gasteiger partial charge in [-0.15, -0.1) is 6.58 Å². The zero-order chi connectivity index (χ0) is 39.1. The predicted octanol–water partition coefficient (Wildman–Crippen LogP) is 16.1. The molecule has 286 valence electrons. The zero-order valence-electron chi connectivity index (χ0n) is 35.9. The summed E-state index contributed by atoms with van der Waals surface area (Å²) in [6.07, 6.45) is 22.2. The van der Waals surface area contributed by atoms with Gasteiger partial charge in [-0.05, 0) is 93.9 Å². The first kappa shape index (κ1) is 51.4. The fraction of sp³-hybridized carbons (Fsp3) is 0.583. The van der Waals surface area contributed by atoms with E-state index in [-0.39, 0.29) is 5.41 Å². The molecule has 0 saturated heterocycles. The van der Waals surface area contributed by atoms with E-state index < -0.39 is 0 Å². The first-order valence-corrected chi connectivity index (χ1v) is 19.8. The van der Waals surface area contributed by atoms with E-state index in [1.807, 2.05) is 0 Å².